The average Bonchev–Trinajstić information content (AvgIpc) is 3.46. The minimum atomic E-state index is -0.367. The highest BCUT2D eigenvalue weighted by molar-refractivity contribution is 6.08. The number of hydrogen-bond acceptors (Lipinski definition) is 7. The molecule has 2 amide bonds. The first-order valence-corrected chi connectivity index (χ1v) is 12.1. The van der Waals surface area contributed by atoms with Gasteiger partial charge in [-0.25, -0.2) is 0 Å². The summed E-state index contributed by atoms with van der Waals surface area (Å²) in [4.78, 5) is 30.3. The summed E-state index contributed by atoms with van der Waals surface area (Å²) in [6.07, 6.45) is 1.45. The first-order chi connectivity index (χ1) is 17.6. The van der Waals surface area contributed by atoms with Crippen LogP contribution >= 0.6 is 0 Å². The number of carbonyl (C=O) groups is 2. The first kappa shape index (κ1) is 23.9. The quantitative estimate of drug-likeness (QED) is 0.543. The molecule has 0 aliphatic carbocycles. The smallest absolute Gasteiger partial charge is 0.291 e. The van der Waals surface area contributed by atoms with Gasteiger partial charge in [-0.2, -0.15) is 0 Å². The van der Waals surface area contributed by atoms with Crippen LogP contribution in [0.3, 0.4) is 0 Å². The van der Waals surface area contributed by atoms with E-state index in [1.54, 1.807) is 24.3 Å². The molecule has 36 heavy (non-hydrogen) atoms. The second-order valence-electron chi connectivity index (χ2n) is 8.82. The molecule has 0 bridgehead atoms. The summed E-state index contributed by atoms with van der Waals surface area (Å²) < 4.78 is 16.2. The molecule has 0 atom stereocenters. The van der Waals surface area contributed by atoms with Crippen LogP contribution in [-0.4, -0.2) is 64.4 Å². The van der Waals surface area contributed by atoms with Crippen molar-refractivity contribution in [3.8, 4) is 0 Å². The van der Waals surface area contributed by atoms with Gasteiger partial charge in [0.2, 0.25) is 0 Å². The number of aryl methyl sites for hydroxylation is 1. The molecule has 2 aliphatic rings. The van der Waals surface area contributed by atoms with Gasteiger partial charge in [-0.05, 0) is 55.0 Å². The highest BCUT2D eigenvalue weighted by atomic mass is 16.5. The van der Waals surface area contributed by atoms with Crippen LogP contribution < -0.4 is 20.4 Å². The standard InChI is InChI=1S/C27H30N4O5/c1-19-4-5-20(17-23(19)29-27(33)25-3-2-12-36-25)26(32)28-22-7-6-21(30-8-13-34-14-9-30)18-24(22)31-10-15-35-16-11-31/h2-7,12,17-18H,8-11,13-16H2,1H3,(H,28,32)(H,29,33). The van der Waals surface area contributed by atoms with Crippen molar-refractivity contribution in [3.05, 3.63) is 71.7 Å². The molecule has 0 unspecified atom stereocenters. The van der Waals surface area contributed by atoms with Crippen molar-refractivity contribution in [2.75, 3.05) is 73.0 Å². The normalized spacial score (nSPS) is 16.0. The summed E-state index contributed by atoms with van der Waals surface area (Å²) in [5, 5.41) is 5.91. The average molecular weight is 491 g/mol. The maximum atomic E-state index is 13.3. The molecule has 5 rings (SSSR count). The van der Waals surface area contributed by atoms with E-state index in [4.69, 9.17) is 13.9 Å². The van der Waals surface area contributed by atoms with Gasteiger partial charge in [0, 0.05) is 43.1 Å². The fraction of sp³-hybridized carbons (Fsp3) is 0.333. The maximum Gasteiger partial charge on any atom is 0.291 e. The van der Waals surface area contributed by atoms with Gasteiger partial charge in [0.1, 0.15) is 0 Å². The summed E-state index contributed by atoms with van der Waals surface area (Å²) in [7, 11) is 0. The number of furan rings is 1. The highest BCUT2D eigenvalue weighted by Crippen LogP contribution is 2.33. The molecule has 9 nitrogen and oxygen atoms in total. The van der Waals surface area contributed by atoms with Crippen molar-refractivity contribution in [2.24, 2.45) is 0 Å². The van der Waals surface area contributed by atoms with Gasteiger partial charge in [-0.15, -0.1) is 0 Å². The highest BCUT2D eigenvalue weighted by Gasteiger charge is 2.20. The van der Waals surface area contributed by atoms with Crippen LogP contribution in [0.5, 0.6) is 0 Å². The second-order valence-corrected chi connectivity index (χ2v) is 8.82. The summed E-state index contributed by atoms with van der Waals surface area (Å²) in [5.74, 6) is -0.411. The lowest BCUT2D eigenvalue weighted by atomic mass is 10.1. The van der Waals surface area contributed by atoms with E-state index in [-0.39, 0.29) is 17.6 Å². The second kappa shape index (κ2) is 10.8. The van der Waals surface area contributed by atoms with Crippen LogP contribution in [0.15, 0.2) is 59.2 Å². The minimum absolute atomic E-state index is 0.208. The van der Waals surface area contributed by atoms with Gasteiger partial charge in [0.25, 0.3) is 11.8 Å². The largest absolute Gasteiger partial charge is 0.459 e. The Balaban J connectivity index is 1.38. The van der Waals surface area contributed by atoms with Crippen molar-refractivity contribution in [3.63, 3.8) is 0 Å². The van der Waals surface area contributed by atoms with Crippen molar-refractivity contribution >= 4 is 34.6 Å². The lowest BCUT2D eigenvalue weighted by Crippen LogP contribution is -2.38. The van der Waals surface area contributed by atoms with E-state index in [1.165, 1.54) is 6.26 Å². The molecule has 2 aliphatic heterocycles. The van der Waals surface area contributed by atoms with E-state index in [0.29, 0.717) is 37.7 Å². The van der Waals surface area contributed by atoms with Gasteiger partial charge in [0.15, 0.2) is 5.76 Å². The fourth-order valence-electron chi connectivity index (χ4n) is 4.39. The Morgan fingerprint density at radius 2 is 1.47 bits per heavy atom. The SMILES string of the molecule is Cc1ccc(C(=O)Nc2ccc(N3CCOCC3)cc2N2CCOCC2)cc1NC(=O)c1ccco1. The Labute approximate surface area is 210 Å². The molecule has 9 heteroatoms. The molecule has 0 spiro atoms. The van der Waals surface area contributed by atoms with Crippen LogP contribution in [0.4, 0.5) is 22.7 Å². The van der Waals surface area contributed by atoms with E-state index >= 15 is 0 Å². The number of nitrogens with zero attached hydrogens (tertiary/aromatic N) is 2. The van der Waals surface area contributed by atoms with E-state index in [9.17, 15) is 9.59 Å². The molecule has 2 aromatic carbocycles. The Bertz CT molecular complexity index is 1210. The van der Waals surface area contributed by atoms with E-state index < -0.39 is 0 Å². The van der Waals surface area contributed by atoms with Crippen molar-refractivity contribution in [1.82, 2.24) is 0 Å². The Hall–Kier alpha value is -3.82. The lowest BCUT2D eigenvalue weighted by molar-refractivity contribution is 0.0993. The van der Waals surface area contributed by atoms with Gasteiger partial charge < -0.3 is 34.3 Å². The third kappa shape index (κ3) is 5.37. The number of benzene rings is 2. The molecule has 2 fully saturated rings. The summed E-state index contributed by atoms with van der Waals surface area (Å²) in [6.45, 7) is 7.76. The van der Waals surface area contributed by atoms with Crippen LogP contribution in [0.25, 0.3) is 0 Å². The van der Waals surface area contributed by atoms with E-state index in [1.807, 2.05) is 25.1 Å². The molecular weight excluding hydrogens is 460 g/mol. The maximum absolute atomic E-state index is 13.3. The molecule has 188 valence electrons. The van der Waals surface area contributed by atoms with Gasteiger partial charge in [-0.1, -0.05) is 6.07 Å². The van der Waals surface area contributed by atoms with Gasteiger partial charge >= 0.3 is 0 Å². The van der Waals surface area contributed by atoms with Crippen LogP contribution in [-0.2, 0) is 9.47 Å². The van der Waals surface area contributed by atoms with Crippen LogP contribution in [0.2, 0.25) is 0 Å². The van der Waals surface area contributed by atoms with Crippen molar-refractivity contribution in [1.29, 1.82) is 0 Å². The van der Waals surface area contributed by atoms with E-state index in [0.717, 1.165) is 48.8 Å². The summed E-state index contributed by atoms with van der Waals surface area (Å²) >= 11 is 0. The Morgan fingerprint density at radius 3 is 2.17 bits per heavy atom. The zero-order chi connectivity index (χ0) is 24.9. The molecule has 2 saturated heterocycles. The predicted octanol–water partition coefficient (Wildman–Crippen LogP) is 3.77. The molecule has 2 N–H and O–H groups in total. The summed E-state index contributed by atoms with van der Waals surface area (Å²) in [6, 6.07) is 14.6. The monoisotopic (exact) mass is 490 g/mol. The Kier molecular flexibility index (Phi) is 7.20. The first-order valence-electron chi connectivity index (χ1n) is 12.1. The third-order valence-corrected chi connectivity index (χ3v) is 6.45. The summed E-state index contributed by atoms with van der Waals surface area (Å²) in [5.41, 5.74) is 4.65. The topological polar surface area (TPSA) is 96.3 Å². The number of rotatable bonds is 6. The van der Waals surface area contributed by atoms with Crippen molar-refractivity contribution < 1.29 is 23.5 Å². The number of anilines is 4. The van der Waals surface area contributed by atoms with Gasteiger partial charge in [-0.3, -0.25) is 9.59 Å². The van der Waals surface area contributed by atoms with Crippen molar-refractivity contribution in [2.45, 2.75) is 6.92 Å². The third-order valence-electron chi connectivity index (χ3n) is 6.45. The zero-order valence-corrected chi connectivity index (χ0v) is 20.3. The number of nitrogens with one attached hydrogen (secondary N) is 2. The molecule has 3 aromatic rings. The van der Waals surface area contributed by atoms with Crippen LogP contribution in [0, 0.1) is 6.92 Å². The number of amides is 2. The number of carbonyl (C=O) groups excluding carboxylic acids is 2. The minimum Gasteiger partial charge on any atom is -0.459 e. The molecular formula is C27H30N4O5. The molecule has 0 saturated carbocycles. The predicted molar refractivity (Wildman–Crippen MR) is 138 cm³/mol. The lowest BCUT2D eigenvalue weighted by Gasteiger charge is -2.33. The molecule has 1 aromatic heterocycles. The number of morpholine rings is 2. The van der Waals surface area contributed by atoms with E-state index in [2.05, 4.69) is 26.5 Å². The van der Waals surface area contributed by atoms with Crippen LogP contribution in [0.1, 0.15) is 26.5 Å². The number of ether oxygens (including phenoxy) is 2. The molecule has 0 radical (unpaired) electrons. The number of hydrogen-bond donors (Lipinski definition) is 2. The van der Waals surface area contributed by atoms with Gasteiger partial charge in [0.05, 0.1) is 44.1 Å². The molecule has 3 heterocycles. The Morgan fingerprint density at radius 1 is 0.778 bits per heavy atom. The zero-order valence-electron chi connectivity index (χ0n) is 20.3. The fourth-order valence-corrected chi connectivity index (χ4v) is 4.39.